The molecule has 10 heteroatoms. The number of alkyl halides is 3. The molecule has 0 aliphatic rings. The molecule has 0 aliphatic carbocycles. The summed E-state index contributed by atoms with van der Waals surface area (Å²) in [5, 5.41) is 5.10. The highest BCUT2D eigenvalue weighted by atomic mass is 19.4. The van der Waals surface area contributed by atoms with Crippen molar-refractivity contribution in [2.45, 2.75) is 19.6 Å². The number of nitrogens with one attached hydrogen (secondary N) is 2. The zero-order chi connectivity index (χ0) is 19.2. The van der Waals surface area contributed by atoms with Crippen molar-refractivity contribution in [3.8, 4) is 5.88 Å². The van der Waals surface area contributed by atoms with Gasteiger partial charge in [-0.15, -0.1) is 0 Å². The van der Waals surface area contributed by atoms with Crippen molar-refractivity contribution < 1.29 is 27.5 Å². The first-order valence-electron chi connectivity index (χ1n) is 7.39. The molecule has 0 spiro atoms. The molecular formula is C16H15F3N4O3. The van der Waals surface area contributed by atoms with Gasteiger partial charge in [-0.2, -0.15) is 13.2 Å². The molecule has 2 heterocycles. The lowest BCUT2D eigenvalue weighted by Crippen LogP contribution is -2.23. The molecule has 0 fully saturated rings. The molecule has 26 heavy (non-hydrogen) atoms. The monoisotopic (exact) mass is 368 g/mol. The predicted molar refractivity (Wildman–Crippen MR) is 85.5 cm³/mol. The number of rotatable bonds is 6. The van der Waals surface area contributed by atoms with Gasteiger partial charge in [0, 0.05) is 37.5 Å². The number of hydrogen-bond acceptors (Lipinski definition) is 5. The van der Waals surface area contributed by atoms with E-state index in [2.05, 4.69) is 25.3 Å². The summed E-state index contributed by atoms with van der Waals surface area (Å²) in [4.78, 5) is 30.8. The van der Waals surface area contributed by atoms with Crippen LogP contribution in [-0.2, 0) is 11.3 Å². The van der Waals surface area contributed by atoms with E-state index >= 15 is 0 Å². The number of carbonyl (C=O) groups excluding carboxylic acids is 2. The predicted octanol–water partition coefficient (Wildman–Crippen LogP) is 2.31. The molecule has 2 rings (SSSR count). The summed E-state index contributed by atoms with van der Waals surface area (Å²) in [7, 11) is 0. The molecular weight excluding hydrogens is 353 g/mol. The van der Waals surface area contributed by atoms with Crippen LogP contribution in [0.15, 0.2) is 36.7 Å². The number of nitrogens with zero attached hydrogens (tertiary/aromatic N) is 2. The molecule has 0 unspecified atom stereocenters. The molecule has 2 amide bonds. The zero-order valence-electron chi connectivity index (χ0n) is 13.6. The number of halogens is 3. The van der Waals surface area contributed by atoms with Crippen LogP contribution in [0.4, 0.5) is 19.0 Å². The van der Waals surface area contributed by atoms with E-state index in [1.807, 2.05) is 0 Å². The molecule has 0 saturated heterocycles. The molecule has 0 radical (unpaired) electrons. The van der Waals surface area contributed by atoms with Gasteiger partial charge in [0.25, 0.3) is 5.91 Å². The molecule has 0 saturated carbocycles. The number of hydrogen-bond donors (Lipinski definition) is 2. The van der Waals surface area contributed by atoms with Gasteiger partial charge in [0.1, 0.15) is 5.82 Å². The van der Waals surface area contributed by atoms with Gasteiger partial charge < -0.3 is 15.4 Å². The van der Waals surface area contributed by atoms with E-state index in [0.29, 0.717) is 11.1 Å². The molecule has 0 aliphatic heterocycles. The van der Waals surface area contributed by atoms with Gasteiger partial charge in [-0.1, -0.05) is 6.07 Å². The number of carbonyl (C=O) groups is 2. The Morgan fingerprint density at radius 2 is 1.96 bits per heavy atom. The zero-order valence-corrected chi connectivity index (χ0v) is 13.6. The Balaban J connectivity index is 1.90. The van der Waals surface area contributed by atoms with Crippen molar-refractivity contribution in [3.05, 3.63) is 47.8 Å². The van der Waals surface area contributed by atoms with Gasteiger partial charge in [0.2, 0.25) is 11.8 Å². The van der Waals surface area contributed by atoms with E-state index < -0.39 is 18.7 Å². The largest absolute Gasteiger partial charge is 0.468 e. The standard InChI is InChI=1S/C16H15F3N4O3/c1-10(24)23-13-6-12(4-5-20-13)15(25)22-8-11-2-3-14(21-7-11)26-9-16(17,18)19/h2-7H,8-9H2,1H3,(H,22,25)(H,20,23,24). The first-order chi connectivity index (χ1) is 12.2. The summed E-state index contributed by atoms with van der Waals surface area (Å²) >= 11 is 0. The maximum absolute atomic E-state index is 12.1. The first-order valence-corrected chi connectivity index (χ1v) is 7.39. The highest BCUT2D eigenvalue weighted by molar-refractivity contribution is 5.96. The summed E-state index contributed by atoms with van der Waals surface area (Å²) in [6.07, 6.45) is -1.75. The second-order valence-corrected chi connectivity index (χ2v) is 5.20. The third-order valence-corrected chi connectivity index (χ3v) is 2.96. The Hall–Kier alpha value is -3.17. The van der Waals surface area contributed by atoms with E-state index in [1.54, 1.807) is 0 Å². The van der Waals surface area contributed by atoms with Crippen molar-refractivity contribution in [2.75, 3.05) is 11.9 Å². The van der Waals surface area contributed by atoms with Crippen LogP contribution in [0.1, 0.15) is 22.8 Å². The van der Waals surface area contributed by atoms with Crippen molar-refractivity contribution in [1.82, 2.24) is 15.3 Å². The van der Waals surface area contributed by atoms with Crippen LogP contribution in [0.5, 0.6) is 5.88 Å². The van der Waals surface area contributed by atoms with Gasteiger partial charge in [0.15, 0.2) is 6.61 Å². The Kier molecular flexibility index (Phi) is 6.10. The van der Waals surface area contributed by atoms with Crippen LogP contribution < -0.4 is 15.4 Å². The van der Waals surface area contributed by atoms with Gasteiger partial charge in [0.05, 0.1) is 0 Å². The van der Waals surface area contributed by atoms with Crippen molar-refractivity contribution in [1.29, 1.82) is 0 Å². The summed E-state index contributed by atoms with van der Waals surface area (Å²) in [6.45, 7) is 0.0153. The van der Waals surface area contributed by atoms with Crippen LogP contribution in [-0.4, -0.2) is 34.6 Å². The topological polar surface area (TPSA) is 93.2 Å². The first kappa shape index (κ1) is 19.2. The van der Waals surface area contributed by atoms with E-state index in [0.717, 1.165) is 0 Å². The molecule has 7 nitrogen and oxygen atoms in total. The lowest BCUT2D eigenvalue weighted by atomic mass is 10.2. The van der Waals surface area contributed by atoms with Crippen LogP contribution in [0.25, 0.3) is 0 Å². The van der Waals surface area contributed by atoms with Crippen molar-refractivity contribution in [2.24, 2.45) is 0 Å². The van der Waals surface area contributed by atoms with Crippen LogP contribution in [0.2, 0.25) is 0 Å². The fourth-order valence-corrected chi connectivity index (χ4v) is 1.86. The van der Waals surface area contributed by atoms with Gasteiger partial charge in [-0.05, 0) is 17.7 Å². The average Bonchev–Trinajstić information content (AvgIpc) is 2.58. The van der Waals surface area contributed by atoms with E-state index in [9.17, 15) is 22.8 Å². The lowest BCUT2D eigenvalue weighted by Gasteiger charge is -2.09. The van der Waals surface area contributed by atoms with Gasteiger partial charge >= 0.3 is 6.18 Å². The summed E-state index contributed by atoms with van der Waals surface area (Å²) in [5.74, 6) is -0.630. The minimum atomic E-state index is -4.44. The average molecular weight is 368 g/mol. The Bertz CT molecular complexity index is 779. The molecule has 0 bridgehead atoms. The number of ether oxygens (including phenoxy) is 1. The number of amides is 2. The Morgan fingerprint density at radius 1 is 1.19 bits per heavy atom. The normalized spacial score (nSPS) is 10.9. The quantitative estimate of drug-likeness (QED) is 0.816. The van der Waals surface area contributed by atoms with Crippen LogP contribution in [0, 0.1) is 0 Å². The fourth-order valence-electron chi connectivity index (χ4n) is 1.86. The maximum Gasteiger partial charge on any atom is 0.422 e. The van der Waals surface area contributed by atoms with E-state index in [1.165, 1.54) is 43.6 Å². The third-order valence-electron chi connectivity index (χ3n) is 2.96. The van der Waals surface area contributed by atoms with E-state index in [4.69, 9.17) is 0 Å². The second kappa shape index (κ2) is 8.28. The smallest absolute Gasteiger partial charge is 0.422 e. The third kappa shape index (κ3) is 6.38. The lowest BCUT2D eigenvalue weighted by molar-refractivity contribution is -0.154. The van der Waals surface area contributed by atoms with E-state index in [-0.39, 0.29) is 24.1 Å². The number of pyridine rings is 2. The number of anilines is 1. The molecule has 2 aromatic rings. The van der Waals surface area contributed by atoms with Crippen LogP contribution >= 0.6 is 0 Å². The minimum Gasteiger partial charge on any atom is -0.468 e. The molecule has 2 N–H and O–H groups in total. The van der Waals surface area contributed by atoms with Crippen molar-refractivity contribution >= 4 is 17.6 Å². The molecule has 0 atom stereocenters. The number of aromatic nitrogens is 2. The summed E-state index contributed by atoms with van der Waals surface area (Å²) < 4.78 is 40.7. The second-order valence-electron chi connectivity index (χ2n) is 5.20. The molecule has 2 aromatic heterocycles. The highest BCUT2D eigenvalue weighted by Gasteiger charge is 2.28. The summed E-state index contributed by atoms with van der Waals surface area (Å²) in [5.41, 5.74) is 0.871. The highest BCUT2D eigenvalue weighted by Crippen LogP contribution is 2.17. The Morgan fingerprint density at radius 3 is 2.58 bits per heavy atom. The molecule has 138 valence electrons. The summed E-state index contributed by atoms with van der Waals surface area (Å²) in [6, 6.07) is 5.68. The fraction of sp³-hybridized carbons (Fsp3) is 0.250. The van der Waals surface area contributed by atoms with Crippen LogP contribution in [0.3, 0.4) is 0 Å². The van der Waals surface area contributed by atoms with Gasteiger partial charge in [-0.25, -0.2) is 9.97 Å². The SMILES string of the molecule is CC(=O)Nc1cc(C(=O)NCc2ccc(OCC(F)(F)F)nc2)ccn1. The Labute approximate surface area is 146 Å². The van der Waals surface area contributed by atoms with Gasteiger partial charge in [-0.3, -0.25) is 9.59 Å². The molecule has 0 aromatic carbocycles. The van der Waals surface area contributed by atoms with Crippen molar-refractivity contribution in [3.63, 3.8) is 0 Å². The minimum absolute atomic E-state index is 0.114. The maximum atomic E-state index is 12.1.